The average Bonchev–Trinajstić information content (AvgIpc) is 3.15. The third-order valence-corrected chi connectivity index (χ3v) is 4.50. The van der Waals surface area contributed by atoms with E-state index >= 15 is 0 Å². The van der Waals surface area contributed by atoms with Gasteiger partial charge in [-0.25, -0.2) is 9.97 Å². The molecule has 27 heavy (non-hydrogen) atoms. The molecule has 1 N–H and O–H groups in total. The van der Waals surface area contributed by atoms with Gasteiger partial charge in [0.25, 0.3) is 0 Å². The van der Waals surface area contributed by atoms with Crippen molar-refractivity contribution in [2.75, 3.05) is 13.2 Å². The van der Waals surface area contributed by atoms with Crippen molar-refractivity contribution in [3.8, 4) is 11.8 Å². The lowest BCUT2D eigenvalue weighted by atomic mass is 10.0. The molecule has 140 valence electrons. The number of nitrogens with zero attached hydrogens (tertiary/aromatic N) is 2. The Morgan fingerprint density at radius 1 is 1.22 bits per heavy atom. The van der Waals surface area contributed by atoms with Crippen molar-refractivity contribution in [3.63, 3.8) is 0 Å². The zero-order chi connectivity index (χ0) is 19.1. The van der Waals surface area contributed by atoms with E-state index in [2.05, 4.69) is 27.1 Å². The van der Waals surface area contributed by atoms with Gasteiger partial charge < -0.3 is 10.1 Å². The summed E-state index contributed by atoms with van der Waals surface area (Å²) in [6, 6.07) is 8.21. The second-order valence-electron chi connectivity index (χ2n) is 7.07. The van der Waals surface area contributed by atoms with Crippen molar-refractivity contribution >= 4 is 5.91 Å². The molecule has 1 aliphatic heterocycles. The summed E-state index contributed by atoms with van der Waals surface area (Å²) >= 11 is 0. The third kappa shape index (κ3) is 6.19. The van der Waals surface area contributed by atoms with Gasteiger partial charge in [0.2, 0.25) is 5.91 Å². The molecule has 2 unspecified atom stereocenters. The van der Waals surface area contributed by atoms with Crippen LogP contribution in [0.3, 0.4) is 0 Å². The van der Waals surface area contributed by atoms with Crippen LogP contribution >= 0.6 is 0 Å². The summed E-state index contributed by atoms with van der Waals surface area (Å²) in [7, 11) is 0. The number of benzene rings is 1. The van der Waals surface area contributed by atoms with E-state index in [4.69, 9.17) is 4.74 Å². The summed E-state index contributed by atoms with van der Waals surface area (Å²) in [5.41, 5.74) is 2.92. The second-order valence-corrected chi connectivity index (χ2v) is 7.07. The van der Waals surface area contributed by atoms with Crippen LogP contribution in [0.2, 0.25) is 0 Å². The van der Waals surface area contributed by atoms with Crippen molar-refractivity contribution in [3.05, 3.63) is 59.2 Å². The fourth-order valence-electron chi connectivity index (χ4n) is 3.15. The van der Waals surface area contributed by atoms with Gasteiger partial charge >= 0.3 is 0 Å². The first-order chi connectivity index (χ1) is 13.1. The fourth-order valence-corrected chi connectivity index (χ4v) is 3.15. The number of carbonyl (C=O) groups excluding carboxylic acids is 1. The number of hydrogen-bond donors (Lipinski definition) is 1. The molecule has 3 rings (SSSR count). The highest BCUT2D eigenvalue weighted by Crippen LogP contribution is 2.16. The highest BCUT2D eigenvalue weighted by Gasteiger charge is 2.17. The zero-order valence-electron chi connectivity index (χ0n) is 15.9. The van der Waals surface area contributed by atoms with Crippen LogP contribution in [0.15, 0.2) is 36.7 Å². The molecule has 0 radical (unpaired) electrons. The molecule has 0 spiro atoms. The Balaban J connectivity index is 1.56. The number of ether oxygens (including phenoxy) is 1. The minimum Gasteiger partial charge on any atom is -0.381 e. The third-order valence-electron chi connectivity index (χ3n) is 4.50. The number of amides is 1. The summed E-state index contributed by atoms with van der Waals surface area (Å²) in [5.74, 6) is 7.64. The lowest BCUT2D eigenvalue weighted by Crippen LogP contribution is -2.31. The van der Waals surface area contributed by atoms with Gasteiger partial charge in [-0.15, -0.1) is 0 Å². The molecule has 2 atom stereocenters. The van der Waals surface area contributed by atoms with Crippen LogP contribution in [0.1, 0.15) is 42.8 Å². The highest BCUT2D eigenvalue weighted by atomic mass is 16.5. The lowest BCUT2D eigenvalue weighted by Gasteiger charge is -2.12. The monoisotopic (exact) mass is 363 g/mol. The average molecular weight is 363 g/mol. The second kappa shape index (κ2) is 9.29. The molecule has 0 bridgehead atoms. The normalized spacial score (nSPS) is 17.0. The van der Waals surface area contributed by atoms with Crippen molar-refractivity contribution in [2.45, 2.75) is 39.2 Å². The summed E-state index contributed by atoms with van der Waals surface area (Å²) < 4.78 is 5.39. The van der Waals surface area contributed by atoms with E-state index < -0.39 is 0 Å². The maximum absolute atomic E-state index is 11.1. The molecule has 2 aromatic rings. The van der Waals surface area contributed by atoms with Crippen LogP contribution in [0, 0.1) is 17.8 Å². The van der Waals surface area contributed by atoms with Crippen LogP contribution in [0.25, 0.3) is 0 Å². The minimum absolute atomic E-state index is 0.00481. The standard InChI is InChI=1S/C22H25N3O2/c1-16(25-17(2)26)11-19-6-3-18(4-7-19)5-8-21-13-23-22(24-14-21)12-20-9-10-27-15-20/h3-4,6-7,13-14,16,20H,9-12,15H2,1-2H3,(H,25,26). The highest BCUT2D eigenvalue weighted by molar-refractivity contribution is 5.73. The largest absolute Gasteiger partial charge is 0.381 e. The molecule has 1 amide bonds. The maximum Gasteiger partial charge on any atom is 0.217 e. The molecular formula is C22H25N3O2. The van der Waals surface area contributed by atoms with E-state index in [-0.39, 0.29) is 11.9 Å². The number of hydrogen-bond acceptors (Lipinski definition) is 4. The van der Waals surface area contributed by atoms with Gasteiger partial charge in [0.15, 0.2) is 0 Å². The van der Waals surface area contributed by atoms with Crippen LogP contribution in [0.4, 0.5) is 0 Å². The van der Waals surface area contributed by atoms with Gasteiger partial charge in [0.1, 0.15) is 5.82 Å². The van der Waals surface area contributed by atoms with Crippen molar-refractivity contribution in [1.29, 1.82) is 0 Å². The van der Waals surface area contributed by atoms with Gasteiger partial charge in [-0.3, -0.25) is 4.79 Å². The van der Waals surface area contributed by atoms with Crippen molar-refractivity contribution in [1.82, 2.24) is 15.3 Å². The van der Waals surface area contributed by atoms with E-state index in [0.29, 0.717) is 5.92 Å². The molecule has 0 saturated carbocycles. The van der Waals surface area contributed by atoms with Gasteiger partial charge in [-0.2, -0.15) is 0 Å². The van der Waals surface area contributed by atoms with E-state index in [1.807, 2.05) is 31.2 Å². The van der Waals surface area contributed by atoms with Crippen LogP contribution in [-0.2, 0) is 22.4 Å². The SMILES string of the molecule is CC(=O)NC(C)Cc1ccc(C#Cc2cnc(CC3CCOC3)nc2)cc1. The molecule has 5 heteroatoms. The molecule has 1 aromatic heterocycles. The predicted octanol–water partition coefficient (Wildman–Crippen LogP) is 2.52. The smallest absolute Gasteiger partial charge is 0.217 e. The molecular weight excluding hydrogens is 338 g/mol. The Morgan fingerprint density at radius 2 is 1.93 bits per heavy atom. The Labute approximate surface area is 160 Å². The molecule has 1 saturated heterocycles. The Kier molecular flexibility index (Phi) is 6.56. The fraction of sp³-hybridized carbons (Fsp3) is 0.409. The lowest BCUT2D eigenvalue weighted by molar-refractivity contribution is -0.119. The summed E-state index contributed by atoms with van der Waals surface area (Å²) in [6.07, 6.45) is 6.33. The number of rotatable bonds is 5. The van der Waals surface area contributed by atoms with Crippen LogP contribution in [-0.4, -0.2) is 35.1 Å². The zero-order valence-corrected chi connectivity index (χ0v) is 15.9. The molecule has 1 aliphatic rings. The molecule has 1 aromatic carbocycles. The van der Waals surface area contributed by atoms with Crippen molar-refractivity contribution in [2.24, 2.45) is 5.92 Å². The van der Waals surface area contributed by atoms with Crippen molar-refractivity contribution < 1.29 is 9.53 Å². The quantitative estimate of drug-likeness (QED) is 0.829. The molecule has 0 aliphatic carbocycles. The van der Waals surface area contributed by atoms with E-state index in [0.717, 1.165) is 49.4 Å². The molecule has 5 nitrogen and oxygen atoms in total. The van der Waals surface area contributed by atoms with E-state index in [1.165, 1.54) is 12.5 Å². The number of aromatic nitrogens is 2. The Morgan fingerprint density at radius 3 is 2.56 bits per heavy atom. The van der Waals surface area contributed by atoms with Gasteiger partial charge in [-0.1, -0.05) is 24.0 Å². The number of nitrogens with one attached hydrogen (secondary N) is 1. The first-order valence-corrected chi connectivity index (χ1v) is 9.35. The first-order valence-electron chi connectivity index (χ1n) is 9.35. The van der Waals surface area contributed by atoms with Crippen LogP contribution in [0.5, 0.6) is 0 Å². The Bertz CT molecular complexity index is 813. The molecule has 1 fully saturated rings. The first kappa shape index (κ1) is 19.1. The number of carbonyl (C=O) groups is 1. The summed E-state index contributed by atoms with van der Waals surface area (Å²) in [4.78, 5) is 19.9. The van der Waals surface area contributed by atoms with Gasteiger partial charge in [0, 0.05) is 50.6 Å². The predicted molar refractivity (Wildman–Crippen MR) is 104 cm³/mol. The van der Waals surface area contributed by atoms with Crippen LogP contribution < -0.4 is 5.32 Å². The molecule has 2 heterocycles. The maximum atomic E-state index is 11.1. The topological polar surface area (TPSA) is 64.1 Å². The summed E-state index contributed by atoms with van der Waals surface area (Å²) in [6.45, 7) is 5.19. The van der Waals surface area contributed by atoms with Gasteiger partial charge in [-0.05, 0) is 43.4 Å². The van der Waals surface area contributed by atoms with E-state index in [9.17, 15) is 4.79 Å². The minimum atomic E-state index is -0.00481. The van der Waals surface area contributed by atoms with E-state index in [1.54, 1.807) is 12.4 Å². The summed E-state index contributed by atoms with van der Waals surface area (Å²) in [5, 5.41) is 2.89. The Hall–Kier alpha value is -2.71. The van der Waals surface area contributed by atoms with Gasteiger partial charge in [0.05, 0.1) is 5.56 Å².